The van der Waals surface area contributed by atoms with E-state index in [0.717, 1.165) is 20.8 Å². The number of amides is 3. The molecule has 60 heavy (non-hydrogen) atoms. The fourth-order valence-corrected chi connectivity index (χ4v) is 7.46. The van der Waals surface area contributed by atoms with Gasteiger partial charge >= 0.3 is 5.97 Å². The van der Waals surface area contributed by atoms with Crippen molar-refractivity contribution in [3.63, 3.8) is 0 Å². The molecule has 27 heteroatoms. The van der Waals surface area contributed by atoms with Crippen molar-refractivity contribution < 1.29 is 119 Å². The number of carbonyl (C=O) groups is 4. The van der Waals surface area contributed by atoms with Crippen LogP contribution >= 0.6 is 0 Å². The number of ether oxygens (including phenoxy) is 7. The maximum atomic E-state index is 13.2. The van der Waals surface area contributed by atoms with Gasteiger partial charge in [-0.1, -0.05) is 0 Å². The first-order valence-corrected chi connectivity index (χ1v) is 18.7. The van der Waals surface area contributed by atoms with Crippen molar-refractivity contribution in [3.8, 4) is 0 Å². The number of aliphatic carboxylic acids is 1. The van der Waals surface area contributed by atoms with Gasteiger partial charge in [-0.2, -0.15) is 0 Å². The van der Waals surface area contributed by atoms with Gasteiger partial charge in [0.25, 0.3) is 5.79 Å². The van der Waals surface area contributed by atoms with E-state index in [9.17, 15) is 85.6 Å². The summed E-state index contributed by atoms with van der Waals surface area (Å²) < 4.78 is 40.3. The summed E-state index contributed by atoms with van der Waals surface area (Å²) in [7, 11) is 0. The third kappa shape index (κ3) is 10.8. The van der Waals surface area contributed by atoms with E-state index in [2.05, 4.69) is 16.0 Å². The maximum Gasteiger partial charge on any atom is 0.364 e. The average Bonchev–Trinajstić information content (AvgIpc) is 3.18. The number of carboxylic acid groups (broad SMARTS) is 1. The Hall–Kier alpha value is -2.88. The number of carbonyl (C=O) groups excluding carboxylic acids is 3. The number of rotatable bonds is 16. The number of nitrogens with one attached hydrogen (secondary N) is 3. The van der Waals surface area contributed by atoms with E-state index in [4.69, 9.17) is 33.2 Å². The number of aliphatic hydroxyl groups excluding tert-OH is 12. The molecule has 0 unspecified atom stereocenters. The molecule has 16 N–H and O–H groups in total. The topological polar surface area (TPSA) is 432 Å². The van der Waals surface area contributed by atoms with Crippen LogP contribution in [0.5, 0.6) is 0 Å². The predicted octanol–water partition coefficient (Wildman–Crippen LogP) is -10.1. The van der Waals surface area contributed by atoms with Gasteiger partial charge in [0.1, 0.15) is 91.4 Å². The van der Waals surface area contributed by atoms with Crippen LogP contribution in [0.3, 0.4) is 0 Å². The van der Waals surface area contributed by atoms with E-state index in [1.165, 1.54) is 0 Å². The van der Waals surface area contributed by atoms with Crippen molar-refractivity contribution in [2.24, 2.45) is 0 Å². The van der Waals surface area contributed by atoms with Crippen molar-refractivity contribution in [1.29, 1.82) is 0 Å². The minimum absolute atomic E-state index is 0.751. The highest BCUT2D eigenvalue weighted by Gasteiger charge is 2.61. The largest absolute Gasteiger partial charge is 0.477 e. The molecule has 3 amide bonds. The van der Waals surface area contributed by atoms with Gasteiger partial charge in [0.2, 0.25) is 17.7 Å². The van der Waals surface area contributed by atoms with Gasteiger partial charge in [0, 0.05) is 27.2 Å². The van der Waals surface area contributed by atoms with Crippen LogP contribution in [0.25, 0.3) is 0 Å². The molecule has 0 aliphatic carbocycles. The highest BCUT2D eigenvalue weighted by Crippen LogP contribution is 2.40. The molecule has 0 aromatic rings. The zero-order valence-corrected chi connectivity index (χ0v) is 32.4. The van der Waals surface area contributed by atoms with Gasteiger partial charge in [0.05, 0.1) is 38.6 Å². The molecular weight excluding hydrogens is 822 g/mol. The van der Waals surface area contributed by atoms with E-state index in [0.29, 0.717) is 0 Å². The molecule has 0 bridgehead atoms. The average molecular weight is 878 g/mol. The zero-order chi connectivity index (χ0) is 45.0. The quantitative estimate of drug-likeness (QED) is 0.0684. The van der Waals surface area contributed by atoms with Gasteiger partial charge in [-0.3, -0.25) is 14.4 Å². The van der Waals surface area contributed by atoms with E-state index in [-0.39, 0.29) is 0 Å². The van der Waals surface area contributed by atoms with Crippen molar-refractivity contribution in [2.45, 2.75) is 155 Å². The summed E-state index contributed by atoms with van der Waals surface area (Å²) in [4.78, 5) is 49.3. The summed E-state index contributed by atoms with van der Waals surface area (Å²) in [5.41, 5.74) is 0. The zero-order valence-electron chi connectivity index (χ0n) is 32.4. The molecule has 0 aromatic heterocycles. The highest BCUT2D eigenvalue weighted by atomic mass is 16.8. The van der Waals surface area contributed by atoms with Crippen LogP contribution < -0.4 is 16.0 Å². The molecule has 0 aromatic carbocycles. The summed E-state index contributed by atoms with van der Waals surface area (Å²) in [6, 6.07) is -4.97. The molecule has 4 aliphatic heterocycles. The number of carboxylic acids is 1. The fourth-order valence-electron chi connectivity index (χ4n) is 7.46. The Morgan fingerprint density at radius 3 is 1.70 bits per heavy atom. The molecule has 4 aliphatic rings. The van der Waals surface area contributed by atoms with Gasteiger partial charge in [0.15, 0.2) is 18.9 Å². The van der Waals surface area contributed by atoms with Crippen LogP contribution in [0.1, 0.15) is 27.2 Å². The maximum absolute atomic E-state index is 13.2. The monoisotopic (exact) mass is 877 g/mol. The van der Waals surface area contributed by atoms with Crippen molar-refractivity contribution in [3.05, 3.63) is 0 Å². The van der Waals surface area contributed by atoms with Crippen LogP contribution in [-0.2, 0) is 52.3 Å². The Bertz CT molecular complexity index is 1470. The summed E-state index contributed by atoms with van der Waals surface area (Å²) in [5, 5.41) is 145. The minimum Gasteiger partial charge on any atom is -0.477 e. The van der Waals surface area contributed by atoms with E-state index in [1.807, 2.05) is 0 Å². The van der Waals surface area contributed by atoms with Crippen LogP contribution in [-0.4, -0.2) is 245 Å². The van der Waals surface area contributed by atoms with E-state index in [1.54, 1.807) is 0 Å². The third-order valence-corrected chi connectivity index (χ3v) is 10.4. The van der Waals surface area contributed by atoms with E-state index < -0.39 is 185 Å². The van der Waals surface area contributed by atoms with Gasteiger partial charge in [-0.15, -0.1) is 0 Å². The molecule has 4 saturated heterocycles. The predicted molar refractivity (Wildman–Crippen MR) is 186 cm³/mol. The molecule has 0 saturated carbocycles. The first-order chi connectivity index (χ1) is 28.1. The lowest BCUT2D eigenvalue weighted by atomic mass is 9.88. The molecule has 0 spiro atoms. The Balaban J connectivity index is 1.83. The Labute approximate surface area is 340 Å². The van der Waals surface area contributed by atoms with Crippen molar-refractivity contribution >= 4 is 23.7 Å². The highest BCUT2D eigenvalue weighted by molar-refractivity contribution is 5.77. The summed E-state index contributed by atoms with van der Waals surface area (Å²) in [6.45, 7) is -1.11. The fraction of sp³-hybridized carbons (Fsp3) is 0.879. The second kappa shape index (κ2) is 21.0. The van der Waals surface area contributed by atoms with Gasteiger partial charge in [-0.25, -0.2) is 4.79 Å². The van der Waals surface area contributed by atoms with E-state index >= 15 is 0 Å². The first-order valence-electron chi connectivity index (χ1n) is 18.7. The smallest absolute Gasteiger partial charge is 0.364 e. The molecule has 346 valence electrons. The SMILES string of the molecule is CC(=O)N[C@@H]1[C@@H](O)[C@H](O[C@@H]2O[C@H](CO)[C@H](O[C@@H]3O[C@H](CO)[C@H](O)[C@H](O)[C@H]3NC(C)=O)[C@H](O[C@]3(C(=O)O)C[C@H](O)[C@@H](NC(C)=O)[C@H]([C@H](O)[C@H](O)CO)O3)[C@H]2O)[C@@H](CO)O[C@H]1O. The summed E-state index contributed by atoms with van der Waals surface area (Å²) in [6.07, 6.45) is -34.9. The van der Waals surface area contributed by atoms with Crippen LogP contribution in [0.15, 0.2) is 0 Å². The molecule has 4 fully saturated rings. The molecule has 4 rings (SSSR count). The molecule has 4 heterocycles. The summed E-state index contributed by atoms with van der Waals surface area (Å²) >= 11 is 0. The van der Waals surface area contributed by atoms with Gasteiger partial charge < -0.3 is 115 Å². The second-order valence-corrected chi connectivity index (χ2v) is 14.8. The molecule has 0 radical (unpaired) electrons. The van der Waals surface area contributed by atoms with Crippen molar-refractivity contribution in [2.75, 3.05) is 26.4 Å². The standard InChI is InChI=1S/C33H55N3O24/c1-9(41)34-17-12(44)4-33(32(52)53,59-27(17)20(46)13(45)5-37)60-28-24(50)31(57-25-15(7-39)54-29(51)18(23(25)49)35-10(2)42)56-16(8-40)26(28)58-30-19(36-11(3)43)22(48)21(47)14(6-38)55-30/h12-31,37-40,44-51H,4-8H2,1-3H3,(H,34,41)(H,35,42)(H,36,43)(H,52,53)/t12-,13+,14+,15+,16+,17+,18+,19+,20+,21-,22+,23+,24+,25+,26-,27+,28+,29+,30-,31-,33-/m0/s1. The summed E-state index contributed by atoms with van der Waals surface area (Å²) in [5.74, 6) is -7.70. The lowest BCUT2D eigenvalue weighted by Crippen LogP contribution is -2.72. The molecular formula is C33H55N3O24. The Morgan fingerprint density at radius 2 is 1.17 bits per heavy atom. The van der Waals surface area contributed by atoms with Crippen molar-refractivity contribution in [1.82, 2.24) is 16.0 Å². The van der Waals surface area contributed by atoms with Crippen LogP contribution in [0.2, 0.25) is 0 Å². The molecule has 27 nitrogen and oxygen atoms in total. The van der Waals surface area contributed by atoms with Crippen LogP contribution in [0.4, 0.5) is 0 Å². The molecule has 21 atom stereocenters. The minimum atomic E-state index is -3.24. The number of hydrogen-bond acceptors (Lipinski definition) is 23. The Morgan fingerprint density at radius 1 is 0.650 bits per heavy atom. The lowest BCUT2D eigenvalue weighted by molar-refractivity contribution is -0.398. The Kier molecular flexibility index (Phi) is 17.4. The number of hydrogen-bond donors (Lipinski definition) is 16. The first kappa shape index (κ1) is 49.8. The van der Waals surface area contributed by atoms with Crippen LogP contribution in [0, 0.1) is 0 Å². The second-order valence-electron chi connectivity index (χ2n) is 14.8. The lowest BCUT2D eigenvalue weighted by Gasteiger charge is -2.52. The third-order valence-electron chi connectivity index (χ3n) is 10.4. The normalized spacial score (nSPS) is 43.3. The number of aliphatic hydroxyl groups is 12. The van der Waals surface area contributed by atoms with Gasteiger partial charge in [-0.05, 0) is 0 Å².